The van der Waals surface area contributed by atoms with Crippen LogP contribution in [0.25, 0.3) is 0 Å². The van der Waals surface area contributed by atoms with Crippen LogP contribution in [-0.2, 0) is 0 Å². The number of non-ortho nitro benzene ring substituents is 1. The molecule has 0 saturated heterocycles. The summed E-state index contributed by atoms with van der Waals surface area (Å²) in [4.78, 5) is 23.2. The minimum absolute atomic E-state index is 0.107. The highest BCUT2D eigenvalue weighted by Gasteiger charge is 2.11. The van der Waals surface area contributed by atoms with E-state index in [1.54, 1.807) is 0 Å². The lowest BCUT2D eigenvalue weighted by atomic mass is 10.2. The number of benzene rings is 1. The molecule has 0 bridgehead atoms. The van der Waals surface area contributed by atoms with Crippen molar-refractivity contribution in [2.75, 3.05) is 0 Å². The maximum absolute atomic E-state index is 11.0. The summed E-state index contributed by atoms with van der Waals surface area (Å²) in [6.07, 6.45) is 0. The fourth-order valence-corrected chi connectivity index (χ4v) is 0.829. The predicted octanol–water partition coefficient (Wildman–Crippen LogP) is 1.29. The molecule has 0 atom stereocenters. The van der Waals surface area contributed by atoms with Crippen molar-refractivity contribution in [1.82, 2.24) is 4.91 Å². The molecule has 0 aliphatic heterocycles. The van der Waals surface area contributed by atoms with Crippen molar-refractivity contribution in [1.29, 1.82) is 5.53 Å². The summed E-state index contributed by atoms with van der Waals surface area (Å²) in [5.41, 5.74) is 6.37. The maximum atomic E-state index is 11.0. The number of nitro groups is 1. The van der Waals surface area contributed by atoms with Gasteiger partial charge in [0.2, 0.25) is 10.0 Å². The number of rotatable bonds is 2. The van der Waals surface area contributed by atoms with Gasteiger partial charge in [-0.3, -0.25) is 14.9 Å². The third-order valence-corrected chi connectivity index (χ3v) is 1.47. The largest absolute Gasteiger partial charge is 0.360 e. The number of hydrogen-bond donors (Lipinski definition) is 1. The Morgan fingerprint density at radius 3 is 2.43 bits per heavy atom. The molecule has 1 amide bonds. The first-order valence-corrected chi connectivity index (χ1v) is 3.51. The van der Waals surface area contributed by atoms with Gasteiger partial charge >= 0.3 is 5.91 Å². The van der Waals surface area contributed by atoms with Crippen LogP contribution in [0.2, 0.25) is 0 Å². The van der Waals surface area contributed by atoms with Crippen LogP contribution in [0.1, 0.15) is 10.4 Å². The van der Waals surface area contributed by atoms with E-state index in [9.17, 15) is 14.9 Å². The van der Waals surface area contributed by atoms with Gasteiger partial charge in [0.1, 0.15) is 5.53 Å². The molecule has 1 aromatic carbocycles. The van der Waals surface area contributed by atoms with Crippen LogP contribution < -0.4 is 4.91 Å². The molecule has 1 N–H and O–H groups in total. The van der Waals surface area contributed by atoms with Crippen LogP contribution in [0.15, 0.2) is 29.4 Å². The van der Waals surface area contributed by atoms with Gasteiger partial charge in [0.05, 0.1) is 4.92 Å². The van der Waals surface area contributed by atoms with E-state index in [0.717, 1.165) is 0 Å². The van der Waals surface area contributed by atoms with Crippen molar-refractivity contribution in [2.45, 2.75) is 0 Å². The summed E-state index contributed by atoms with van der Waals surface area (Å²) in [6.45, 7) is 0. The van der Waals surface area contributed by atoms with E-state index in [-0.39, 0.29) is 11.3 Å². The fourth-order valence-electron chi connectivity index (χ4n) is 0.829. The van der Waals surface area contributed by atoms with Gasteiger partial charge < -0.3 is 0 Å². The molecule has 7 nitrogen and oxygen atoms in total. The lowest BCUT2D eigenvalue weighted by Gasteiger charge is -1.90. The third kappa shape index (κ3) is 2.05. The first-order valence-electron chi connectivity index (χ1n) is 3.51. The van der Waals surface area contributed by atoms with Gasteiger partial charge in [0, 0.05) is 17.7 Å². The van der Waals surface area contributed by atoms with Crippen LogP contribution in [0.3, 0.4) is 0 Å². The van der Waals surface area contributed by atoms with E-state index in [1.807, 2.05) is 0 Å². The molecule has 0 radical (unpaired) electrons. The SMILES string of the molecule is N=[N+]=NC(=O)c1ccc([N+](=O)[O-])cc1. The molecule has 70 valence electrons. The average Bonchev–Trinajstić information content (AvgIpc) is 2.18. The van der Waals surface area contributed by atoms with Gasteiger partial charge in [0.25, 0.3) is 5.69 Å². The zero-order valence-corrected chi connectivity index (χ0v) is 6.88. The Labute approximate surface area is 77.7 Å². The van der Waals surface area contributed by atoms with Crippen LogP contribution >= 0.6 is 0 Å². The van der Waals surface area contributed by atoms with Crippen LogP contribution in [0, 0.1) is 15.6 Å². The molecule has 14 heavy (non-hydrogen) atoms. The van der Waals surface area contributed by atoms with Crippen molar-refractivity contribution >= 4 is 11.6 Å². The smallest absolute Gasteiger partial charge is 0.259 e. The number of nitrogens with zero attached hydrogens (tertiary/aromatic N) is 3. The second-order valence-corrected chi connectivity index (χ2v) is 2.31. The number of nitro benzene ring substituents is 1. The second kappa shape index (κ2) is 4.01. The van der Waals surface area contributed by atoms with E-state index in [2.05, 4.69) is 10.0 Å². The number of carbonyl (C=O) groups is 1. The molecule has 0 aliphatic rings. The van der Waals surface area contributed by atoms with E-state index in [0.29, 0.717) is 0 Å². The van der Waals surface area contributed by atoms with Crippen molar-refractivity contribution in [3.05, 3.63) is 39.9 Å². The quantitative estimate of drug-likeness (QED) is 0.330. The summed E-state index contributed by atoms with van der Waals surface area (Å²) in [5.74, 6) is -0.699. The Morgan fingerprint density at radius 2 is 2.00 bits per heavy atom. The Balaban J connectivity index is 2.99. The van der Waals surface area contributed by atoms with Crippen molar-refractivity contribution in [3.8, 4) is 0 Å². The molecule has 0 spiro atoms. The molecule has 0 aromatic heterocycles. The zero-order valence-electron chi connectivity index (χ0n) is 6.88. The van der Waals surface area contributed by atoms with Crippen LogP contribution in [0.5, 0.6) is 0 Å². The average molecular weight is 193 g/mol. The summed E-state index contributed by atoms with van der Waals surface area (Å²) in [7, 11) is 0. The molecule has 0 unspecified atom stereocenters. The van der Waals surface area contributed by atoms with E-state index in [4.69, 9.17) is 5.53 Å². The zero-order chi connectivity index (χ0) is 10.6. The number of hydrogen-bond acceptors (Lipinski definition) is 4. The molecule has 0 fully saturated rings. The van der Waals surface area contributed by atoms with Crippen molar-refractivity contribution < 1.29 is 9.72 Å². The molecule has 1 aromatic rings. The Kier molecular flexibility index (Phi) is 2.78. The van der Waals surface area contributed by atoms with E-state index in [1.165, 1.54) is 24.3 Å². The molecule has 7 heteroatoms. The topological polar surface area (TPSA) is 111 Å². The molecule has 0 heterocycles. The van der Waals surface area contributed by atoms with Gasteiger partial charge in [0.15, 0.2) is 0 Å². The highest BCUT2D eigenvalue weighted by atomic mass is 16.6. The first-order chi connectivity index (χ1) is 6.65. The van der Waals surface area contributed by atoms with Crippen molar-refractivity contribution in [3.63, 3.8) is 0 Å². The highest BCUT2D eigenvalue weighted by molar-refractivity contribution is 5.94. The minimum atomic E-state index is -0.699. The number of amides is 1. The molecule has 0 saturated carbocycles. The summed E-state index contributed by atoms with van der Waals surface area (Å²) >= 11 is 0. The van der Waals surface area contributed by atoms with Gasteiger partial charge in [-0.05, 0) is 12.1 Å². The lowest BCUT2D eigenvalue weighted by molar-refractivity contribution is -0.384. The monoisotopic (exact) mass is 193 g/mol. The fraction of sp³-hybridized carbons (Fsp3) is 0. The first kappa shape index (κ1) is 9.69. The van der Waals surface area contributed by atoms with Gasteiger partial charge in [-0.2, -0.15) is 0 Å². The highest BCUT2D eigenvalue weighted by Crippen LogP contribution is 2.12. The standard InChI is InChI=1S/C7H5N4O3/c8-10-9-7(12)5-1-3-6(4-2-5)11(13)14/h1-4,8H/q+1. The van der Waals surface area contributed by atoms with Crippen LogP contribution in [0.4, 0.5) is 5.69 Å². The normalized spacial score (nSPS) is 8.86. The Bertz CT molecular complexity index is 419. The second-order valence-electron chi connectivity index (χ2n) is 2.31. The Hall–Kier alpha value is -2.40. The van der Waals surface area contributed by atoms with Crippen LogP contribution in [-0.4, -0.2) is 10.8 Å². The molecular formula is C7H5N4O3+. The maximum Gasteiger partial charge on any atom is 0.360 e. The summed E-state index contributed by atoms with van der Waals surface area (Å²) in [5, 5.41) is 13.2. The van der Waals surface area contributed by atoms with Gasteiger partial charge in [-0.1, -0.05) is 0 Å². The van der Waals surface area contributed by atoms with Gasteiger partial charge in [-0.15, -0.1) is 0 Å². The minimum Gasteiger partial charge on any atom is -0.259 e. The molecule has 1 rings (SSSR count). The molecular weight excluding hydrogens is 188 g/mol. The number of carbonyl (C=O) groups excluding carboxylic acids is 1. The summed E-state index contributed by atoms with van der Waals surface area (Å²) in [6, 6.07) is 4.89. The Morgan fingerprint density at radius 1 is 1.43 bits per heavy atom. The van der Waals surface area contributed by atoms with Crippen molar-refractivity contribution in [2.24, 2.45) is 5.11 Å². The molecule has 0 aliphatic carbocycles. The van der Waals surface area contributed by atoms with Gasteiger partial charge in [-0.25, -0.2) is 0 Å². The number of nitrogens with one attached hydrogen (secondary N) is 1. The summed E-state index contributed by atoms with van der Waals surface area (Å²) < 4.78 is 0. The van der Waals surface area contributed by atoms with E-state index < -0.39 is 10.8 Å². The lowest BCUT2D eigenvalue weighted by Crippen LogP contribution is -1.95. The van der Waals surface area contributed by atoms with E-state index >= 15 is 0 Å². The predicted molar refractivity (Wildman–Crippen MR) is 44.7 cm³/mol. The third-order valence-electron chi connectivity index (χ3n) is 1.47.